The molecule has 15 atom stereocenters. The molecule has 3 rings (SSSR count). The predicted octanol–water partition coefficient (Wildman–Crippen LogP) is -7.57. The summed E-state index contributed by atoms with van der Waals surface area (Å²) in [5.41, 5.74) is 0. The van der Waals surface area contributed by atoms with Gasteiger partial charge in [-0.25, -0.2) is 0 Å². The summed E-state index contributed by atoms with van der Waals surface area (Å²) in [6.45, 7) is -2.41. The standard InChI is InChI=1S/C18H32O16/c19-1-4(22)13-8(24)11(27)17(33-13)31-6(3-21)15-9(25)12(28)18(34-15)30-5(2-20)14-7(23)10(26)16(29)32-14/h4-29H,1-3H2/t4-,5+,6+,7-,8-,9-,10+,11+,12+,13-,14-,15-,16+,17+,18+/m0/s1. The molecule has 16 nitrogen and oxygen atoms in total. The zero-order chi connectivity index (χ0) is 25.3. The van der Waals surface area contributed by atoms with E-state index >= 15 is 0 Å². The van der Waals surface area contributed by atoms with E-state index in [9.17, 15) is 51.1 Å². The first-order valence-electron chi connectivity index (χ1n) is 10.6. The Kier molecular flexibility index (Phi) is 9.54. The molecule has 3 aliphatic heterocycles. The molecule has 0 aromatic rings. The summed E-state index contributed by atoms with van der Waals surface area (Å²) >= 11 is 0. The Morgan fingerprint density at radius 3 is 1.35 bits per heavy atom. The Labute approximate surface area is 192 Å². The normalized spacial score (nSPS) is 47.7. The summed E-state index contributed by atoms with van der Waals surface area (Å²) in [4.78, 5) is 0. The van der Waals surface area contributed by atoms with Crippen LogP contribution in [0.25, 0.3) is 0 Å². The Bertz CT molecular complexity index is 641. The third-order valence-corrected chi connectivity index (χ3v) is 6.07. The number of aliphatic hydroxyl groups is 11. The van der Waals surface area contributed by atoms with E-state index < -0.39 is 112 Å². The number of rotatable bonds is 10. The van der Waals surface area contributed by atoms with Gasteiger partial charge in [0.15, 0.2) is 18.9 Å². The van der Waals surface area contributed by atoms with Crippen molar-refractivity contribution in [1.29, 1.82) is 0 Å². The van der Waals surface area contributed by atoms with Gasteiger partial charge in [-0.05, 0) is 0 Å². The zero-order valence-electron chi connectivity index (χ0n) is 17.7. The molecule has 0 aliphatic carbocycles. The molecule has 3 saturated heterocycles. The van der Waals surface area contributed by atoms with Gasteiger partial charge >= 0.3 is 0 Å². The van der Waals surface area contributed by atoms with E-state index in [1.165, 1.54) is 0 Å². The van der Waals surface area contributed by atoms with Crippen LogP contribution >= 0.6 is 0 Å². The quantitative estimate of drug-likeness (QED) is 0.132. The molecule has 3 aliphatic rings. The lowest BCUT2D eigenvalue weighted by atomic mass is 10.0. The molecule has 0 spiro atoms. The molecule has 0 unspecified atom stereocenters. The highest BCUT2D eigenvalue weighted by Gasteiger charge is 2.53. The number of ether oxygens (including phenoxy) is 5. The largest absolute Gasteiger partial charge is 0.394 e. The van der Waals surface area contributed by atoms with Crippen LogP contribution in [0.4, 0.5) is 0 Å². The second kappa shape index (κ2) is 11.6. The monoisotopic (exact) mass is 504 g/mol. The van der Waals surface area contributed by atoms with Gasteiger partial charge in [-0.3, -0.25) is 0 Å². The summed E-state index contributed by atoms with van der Waals surface area (Å²) < 4.78 is 26.3. The van der Waals surface area contributed by atoms with E-state index in [2.05, 4.69) is 0 Å². The van der Waals surface area contributed by atoms with Crippen LogP contribution < -0.4 is 0 Å². The van der Waals surface area contributed by atoms with Crippen LogP contribution in [0, 0.1) is 0 Å². The number of hydrogen-bond acceptors (Lipinski definition) is 16. The highest BCUT2D eigenvalue weighted by atomic mass is 16.8. The van der Waals surface area contributed by atoms with E-state index in [0.717, 1.165) is 0 Å². The maximum atomic E-state index is 10.4. The molecule has 16 heteroatoms. The second-order valence-corrected chi connectivity index (χ2v) is 8.34. The summed E-state index contributed by atoms with van der Waals surface area (Å²) in [7, 11) is 0. The molecule has 200 valence electrons. The van der Waals surface area contributed by atoms with Gasteiger partial charge in [-0.15, -0.1) is 0 Å². The molecular formula is C18H32O16. The van der Waals surface area contributed by atoms with Crippen molar-refractivity contribution in [1.82, 2.24) is 0 Å². The smallest absolute Gasteiger partial charge is 0.187 e. The lowest BCUT2D eigenvalue weighted by Gasteiger charge is -2.29. The molecular weight excluding hydrogens is 472 g/mol. The van der Waals surface area contributed by atoms with E-state index in [0.29, 0.717) is 0 Å². The first-order chi connectivity index (χ1) is 16.0. The molecule has 0 aromatic heterocycles. The van der Waals surface area contributed by atoms with Gasteiger partial charge in [0.05, 0.1) is 19.8 Å². The lowest BCUT2D eigenvalue weighted by Crippen LogP contribution is -2.46. The first kappa shape index (κ1) is 27.9. The van der Waals surface area contributed by atoms with Crippen molar-refractivity contribution >= 4 is 0 Å². The van der Waals surface area contributed by atoms with Gasteiger partial charge in [0.1, 0.15) is 73.2 Å². The Balaban J connectivity index is 1.64. The minimum absolute atomic E-state index is 0.778. The maximum absolute atomic E-state index is 10.4. The van der Waals surface area contributed by atoms with E-state index in [1.807, 2.05) is 0 Å². The van der Waals surface area contributed by atoms with Gasteiger partial charge < -0.3 is 79.9 Å². The van der Waals surface area contributed by atoms with E-state index in [-0.39, 0.29) is 0 Å². The Morgan fingerprint density at radius 1 is 0.529 bits per heavy atom. The third kappa shape index (κ3) is 5.37. The minimum atomic E-state index is -1.76. The van der Waals surface area contributed by atoms with Crippen LogP contribution in [0.2, 0.25) is 0 Å². The van der Waals surface area contributed by atoms with Crippen LogP contribution in [-0.4, -0.2) is 168 Å². The second-order valence-electron chi connectivity index (χ2n) is 8.34. The zero-order valence-corrected chi connectivity index (χ0v) is 17.7. The van der Waals surface area contributed by atoms with Crippen molar-refractivity contribution in [2.75, 3.05) is 19.8 Å². The molecule has 3 heterocycles. The number of aliphatic hydroxyl groups excluding tert-OH is 11. The van der Waals surface area contributed by atoms with Crippen molar-refractivity contribution < 1.29 is 79.9 Å². The van der Waals surface area contributed by atoms with Gasteiger partial charge in [-0.2, -0.15) is 0 Å². The van der Waals surface area contributed by atoms with Crippen molar-refractivity contribution in [3.8, 4) is 0 Å². The van der Waals surface area contributed by atoms with Gasteiger partial charge in [-0.1, -0.05) is 0 Å². The lowest BCUT2D eigenvalue weighted by molar-refractivity contribution is -0.259. The third-order valence-electron chi connectivity index (χ3n) is 6.07. The Morgan fingerprint density at radius 2 is 0.941 bits per heavy atom. The summed E-state index contributed by atoms with van der Waals surface area (Å²) in [6.07, 6.45) is -23.9. The van der Waals surface area contributed by atoms with E-state index in [1.54, 1.807) is 0 Å². The molecule has 0 radical (unpaired) electrons. The molecule has 0 aromatic carbocycles. The predicted molar refractivity (Wildman–Crippen MR) is 101 cm³/mol. The summed E-state index contributed by atoms with van der Waals surface area (Å²) in [6, 6.07) is 0. The molecule has 3 fully saturated rings. The van der Waals surface area contributed by atoms with Crippen molar-refractivity contribution in [3.05, 3.63) is 0 Å². The molecule has 34 heavy (non-hydrogen) atoms. The summed E-state index contributed by atoms with van der Waals surface area (Å²) in [5, 5.41) is 108. The average Bonchev–Trinajstić information content (AvgIpc) is 3.37. The maximum Gasteiger partial charge on any atom is 0.187 e. The van der Waals surface area contributed by atoms with Crippen LogP contribution in [0.5, 0.6) is 0 Å². The molecule has 0 amide bonds. The molecule has 0 bridgehead atoms. The fourth-order valence-electron chi connectivity index (χ4n) is 4.08. The fourth-order valence-corrected chi connectivity index (χ4v) is 4.08. The van der Waals surface area contributed by atoms with Crippen LogP contribution in [0.15, 0.2) is 0 Å². The topological polar surface area (TPSA) is 269 Å². The average molecular weight is 504 g/mol. The van der Waals surface area contributed by atoms with E-state index in [4.69, 9.17) is 28.8 Å². The summed E-state index contributed by atoms with van der Waals surface area (Å²) in [5.74, 6) is 0. The molecule has 0 saturated carbocycles. The van der Waals surface area contributed by atoms with Crippen LogP contribution in [0.1, 0.15) is 0 Å². The Hall–Kier alpha value is -0.640. The van der Waals surface area contributed by atoms with Crippen LogP contribution in [0.3, 0.4) is 0 Å². The first-order valence-corrected chi connectivity index (χ1v) is 10.6. The van der Waals surface area contributed by atoms with Crippen molar-refractivity contribution in [2.24, 2.45) is 0 Å². The van der Waals surface area contributed by atoms with Crippen molar-refractivity contribution in [3.63, 3.8) is 0 Å². The van der Waals surface area contributed by atoms with Gasteiger partial charge in [0.2, 0.25) is 0 Å². The molecule has 11 N–H and O–H groups in total. The van der Waals surface area contributed by atoms with Gasteiger partial charge in [0, 0.05) is 0 Å². The SMILES string of the molecule is OC[C@H](O)[C@@H]1O[C@@H](O[C@H](CO)[C@@H]2O[C@@H](O[C@H](CO)[C@@H]3O[C@@H](O)[C@H](O)[C@@H]3O)[C@H](O)[C@@H]2O)[C@H](O)[C@@H]1O. The van der Waals surface area contributed by atoms with Gasteiger partial charge in [0.25, 0.3) is 0 Å². The fraction of sp³-hybridized carbons (Fsp3) is 1.00. The number of hydrogen-bond donors (Lipinski definition) is 11. The van der Waals surface area contributed by atoms with Crippen molar-refractivity contribution in [2.45, 2.75) is 92.1 Å². The van der Waals surface area contributed by atoms with Crippen LogP contribution in [-0.2, 0) is 23.7 Å². The highest BCUT2D eigenvalue weighted by Crippen LogP contribution is 2.32. The minimum Gasteiger partial charge on any atom is -0.394 e. The highest BCUT2D eigenvalue weighted by molar-refractivity contribution is 4.96.